The molecule has 3 rings (SSSR count). The Morgan fingerprint density at radius 1 is 1.13 bits per heavy atom. The van der Waals surface area contributed by atoms with Crippen LogP contribution in [0.3, 0.4) is 0 Å². The van der Waals surface area contributed by atoms with Gasteiger partial charge in [0.15, 0.2) is 5.78 Å². The highest BCUT2D eigenvalue weighted by Crippen LogP contribution is 2.19. The molecule has 3 nitrogen and oxygen atoms in total. The number of benzene rings is 2. The highest BCUT2D eigenvalue weighted by Gasteiger charge is 2.04. The van der Waals surface area contributed by atoms with Crippen LogP contribution in [0.5, 0.6) is 5.75 Å². The second-order valence-corrected chi connectivity index (χ2v) is 5.43. The van der Waals surface area contributed by atoms with Crippen LogP contribution < -0.4 is 4.74 Å². The third-order valence-electron chi connectivity index (χ3n) is 3.89. The van der Waals surface area contributed by atoms with Gasteiger partial charge in [-0.05, 0) is 41.8 Å². The Bertz CT molecular complexity index is 828. The molecule has 0 radical (unpaired) electrons. The van der Waals surface area contributed by atoms with Crippen LogP contribution in [0.2, 0.25) is 0 Å². The van der Waals surface area contributed by atoms with Gasteiger partial charge in [0, 0.05) is 23.5 Å². The predicted molar refractivity (Wildman–Crippen MR) is 93.7 cm³/mol. The molecule has 0 saturated carbocycles. The number of methoxy groups -OCH3 is 1. The highest BCUT2D eigenvalue weighted by atomic mass is 16.5. The minimum atomic E-state index is 0.131. The fourth-order valence-electron chi connectivity index (χ4n) is 2.58. The van der Waals surface area contributed by atoms with E-state index in [-0.39, 0.29) is 5.78 Å². The van der Waals surface area contributed by atoms with Gasteiger partial charge in [-0.2, -0.15) is 0 Å². The number of hydrogen-bond acceptors (Lipinski definition) is 2. The van der Waals surface area contributed by atoms with Crippen LogP contribution in [0, 0.1) is 0 Å². The summed E-state index contributed by atoms with van der Waals surface area (Å²) in [6.07, 6.45) is 6.74. The summed E-state index contributed by atoms with van der Waals surface area (Å²) in [4.78, 5) is 15.3. The molecule has 3 aromatic rings. The summed E-state index contributed by atoms with van der Waals surface area (Å²) in [6, 6.07) is 15.8. The topological polar surface area (TPSA) is 42.1 Å². The summed E-state index contributed by atoms with van der Waals surface area (Å²) in [7, 11) is 1.64. The van der Waals surface area contributed by atoms with Crippen molar-refractivity contribution in [3.63, 3.8) is 0 Å². The van der Waals surface area contributed by atoms with E-state index in [1.165, 1.54) is 10.9 Å². The standard InChI is InChI=1S/C20H19NO2/c1-23-18-12-7-15(8-13-18)6-10-17(22)11-9-16-14-21-20-5-3-2-4-19(16)20/h2-8,10,12-14,21H,9,11H2,1H3. The molecule has 116 valence electrons. The molecular formula is C20H19NO2. The van der Waals surface area contributed by atoms with Gasteiger partial charge in [0.1, 0.15) is 5.75 Å². The van der Waals surface area contributed by atoms with E-state index >= 15 is 0 Å². The molecule has 1 N–H and O–H groups in total. The van der Waals surface area contributed by atoms with Gasteiger partial charge in [0.05, 0.1) is 7.11 Å². The largest absolute Gasteiger partial charge is 0.497 e. The zero-order valence-corrected chi connectivity index (χ0v) is 13.1. The molecule has 2 aromatic carbocycles. The van der Waals surface area contributed by atoms with Gasteiger partial charge in [-0.25, -0.2) is 0 Å². The number of carbonyl (C=O) groups is 1. The molecule has 0 amide bonds. The SMILES string of the molecule is COc1ccc(C=CC(=O)CCc2c[nH]c3ccccc23)cc1. The first kappa shape index (κ1) is 15.1. The van der Waals surface area contributed by atoms with Crippen molar-refractivity contribution in [2.45, 2.75) is 12.8 Å². The number of H-pyrrole nitrogens is 1. The molecule has 0 bridgehead atoms. The molecule has 0 atom stereocenters. The van der Waals surface area contributed by atoms with Gasteiger partial charge in [-0.1, -0.05) is 36.4 Å². The van der Waals surface area contributed by atoms with Gasteiger partial charge in [-0.3, -0.25) is 4.79 Å². The van der Waals surface area contributed by atoms with E-state index in [2.05, 4.69) is 11.1 Å². The number of allylic oxidation sites excluding steroid dienone is 1. The maximum Gasteiger partial charge on any atom is 0.156 e. The third-order valence-corrected chi connectivity index (χ3v) is 3.89. The quantitative estimate of drug-likeness (QED) is 0.686. The molecule has 23 heavy (non-hydrogen) atoms. The fraction of sp³-hybridized carbons (Fsp3) is 0.150. The van der Waals surface area contributed by atoms with Crippen molar-refractivity contribution in [1.29, 1.82) is 0 Å². The second kappa shape index (κ2) is 6.97. The minimum Gasteiger partial charge on any atom is -0.497 e. The maximum absolute atomic E-state index is 12.0. The van der Waals surface area contributed by atoms with Crippen LogP contribution in [-0.4, -0.2) is 17.9 Å². The number of rotatable bonds is 6. The Labute approximate surface area is 135 Å². The number of ketones is 1. The van der Waals surface area contributed by atoms with Crippen molar-refractivity contribution in [3.8, 4) is 5.75 Å². The summed E-state index contributed by atoms with van der Waals surface area (Å²) in [5, 5.41) is 1.19. The number of carbonyl (C=O) groups excluding carboxylic acids is 1. The van der Waals surface area contributed by atoms with E-state index in [4.69, 9.17) is 4.74 Å². The number of fused-ring (bicyclic) bond motifs is 1. The van der Waals surface area contributed by atoms with E-state index in [9.17, 15) is 4.79 Å². The average Bonchev–Trinajstić information content (AvgIpc) is 3.02. The predicted octanol–water partition coefficient (Wildman–Crippen LogP) is 4.39. The summed E-state index contributed by atoms with van der Waals surface area (Å²) in [6.45, 7) is 0. The normalized spacial score (nSPS) is 11.2. The molecule has 0 unspecified atom stereocenters. The summed E-state index contributed by atoms with van der Waals surface area (Å²) >= 11 is 0. The molecule has 0 aliphatic rings. The van der Waals surface area contributed by atoms with E-state index < -0.39 is 0 Å². The van der Waals surface area contributed by atoms with E-state index in [0.29, 0.717) is 6.42 Å². The molecule has 0 saturated heterocycles. The summed E-state index contributed by atoms with van der Waals surface area (Å²) in [5.74, 6) is 0.943. The average molecular weight is 305 g/mol. The van der Waals surface area contributed by atoms with E-state index in [1.54, 1.807) is 13.2 Å². The Kier molecular flexibility index (Phi) is 4.57. The first-order valence-corrected chi connectivity index (χ1v) is 7.66. The van der Waals surface area contributed by atoms with Crippen LogP contribution in [0.1, 0.15) is 17.5 Å². The highest BCUT2D eigenvalue weighted by molar-refractivity contribution is 5.94. The lowest BCUT2D eigenvalue weighted by Gasteiger charge is -1.99. The van der Waals surface area contributed by atoms with Crippen LogP contribution >= 0.6 is 0 Å². The van der Waals surface area contributed by atoms with Crippen molar-refractivity contribution in [2.75, 3.05) is 7.11 Å². The smallest absolute Gasteiger partial charge is 0.156 e. The van der Waals surface area contributed by atoms with Gasteiger partial charge in [0.25, 0.3) is 0 Å². The number of aromatic nitrogens is 1. The van der Waals surface area contributed by atoms with Crippen molar-refractivity contribution in [2.24, 2.45) is 0 Å². The van der Waals surface area contributed by atoms with Gasteiger partial charge >= 0.3 is 0 Å². The molecule has 0 aliphatic heterocycles. The number of nitrogens with one attached hydrogen (secondary N) is 1. The fourth-order valence-corrected chi connectivity index (χ4v) is 2.58. The van der Waals surface area contributed by atoms with E-state index in [0.717, 1.165) is 23.3 Å². The van der Waals surface area contributed by atoms with Crippen molar-refractivity contribution < 1.29 is 9.53 Å². The monoisotopic (exact) mass is 305 g/mol. The zero-order chi connectivity index (χ0) is 16.1. The molecule has 1 aromatic heterocycles. The van der Waals surface area contributed by atoms with Gasteiger partial charge < -0.3 is 9.72 Å². The zero-order valence-electron chi connectivity index (χ0n) is 13.1. The first-order valence-electron chi connectivity index (χ1n) is 7.66. The lowest BCUT2D eigenvalue weighted by Crippen LogP contribution is -1.95. The molecule has 3 heteroatoms. The number of hydrogen-bond donors (Lipinski definition) is 1. The number of ether oxygens (including phenoxy) is 1. The van der Waals surface area contributed by atoms with Crippen molar-refractivity contribution in [1.82, 2.24) is 4.98 Å². The lowest BCUT2D eigenvalue weighted by molar-refractivity contribution is -0.114. The summed E-state index contributed by atoms with van der Waals surface area (Å²) < 4.78 is 5.12. The Balaban J connectivity index is 1.59. The second-order valence-electron chi connectivity index (χ2n) is 5.43. The molecule has 1 heterocycles. The molecule has 0 spiro atoms. The van der Waals surface area contributed by atoms with Crippen LogP contribution in [0.15, 0.2) is 60.8 Å². The number of aryl methyl sites for hydroxylation is 1. The van der Waals surface area contributed by atoms with Crippen molar-refractivity contribution >= 4 is 22.8 Å². The molecule has 0 aliphatic carbocycles. The first-order chi connectivity index (χ1) is 11.3. The summed E-state index contributed by atoms with van der Waals surface area (Å²) in [5.41, 5.74) is 3.29. The molecular weight excluding hydrogens is 286 g/mol. The third kappa shape index (κ3) is 3.69. The number of para-hydroxylation sites is 1. The van der Waals surface area contributed by atoms with Crippen LogP contribution in [0.25, 0.3) is 17.0 Å². The Morgan fingerprint density at radius 2 is 1.91 bits per heavy atom. The van der Waals surface area contributed by atoms with Gasteiger partial charge in [-0.15, -0.1) is 0 Å². The van der Waals surface area contributed by atoms with Crippen LogP contribution in [0.4, 0.5) is 0 Å². The van der Waals surface area contributed by atoms with Crippen molar-refractivity contribution in [3.05, 3.63) is 71.9 Å². The van der Waals surface area contributed by atoms with Gasteiger partial charge in [0.2, 0.25) is 0 Å². The lowest BCUT2D eigenvalue weighted by atomic mass is 10.1. The van der Waals surface area contributed by atoms with Crippen LogP contribution in [-0.2, 0) is 11.2 Å². The minimum absolute atomic E-state index is 0.131. The van der Waals surface area contributed by atoms with E-state index in [1.807, 2.05) is 54.7 Å². The molecule has 0 fully saturated rings. The Hall–Kier alpha value is -2.81. The number of aromatic amines is 1. The Morgan fingerprint density at radius 3 is 2.70 bits per heavy atom. The maximum atomic E-state index is 12.0.